The van der Waals surface area contributed by atoms with Gasteiger partial charge in [-0.2, -0.15) is 0 Å². The molecule has 1 aromatic carbocycles. The molecule has 0 aliphatic heterocycles. The van der Waals surface area contributed by atoms with E-state index >= 15 is 0 Å². The lowest BCUT2D eigenvalue weighted by Crippen LogP contribution is -2.02. The maximum Gasteiger partial charge on any atom is 0.156 e. The lowest BCUT2D eigenvalue weighted by molar-refractivity contribution is 0.276. The van der Waals surface area contributed by atoms with Crippen LogP contribution in [0.1, 0.15) is 12.1 Å². The number of aromatic nitrogens is 3. The van der Waals surface area contributed by atoms with Gasteiger partial charge >= 0.3 is 0 Å². The molecule has 0 amide bonds. The SMILES string of the molecule is COc1c(Br)cc(Cl)cc1NCc1cn(CCCO)nn1. The van der Waals surface area contributed by atoms with Crippen LogP contribution in [0.5, 0.6) is 5.75 Å². The van der Waals surface area contributed by atoms with Crippen molar-refractivity contribution in [3.63, 3.8) is 0 Å². The second-order valence-electron chi connectivity index (χ2n) is 4.37. The van der Waals surface area contributed by atoms with Gasteiger partial charge in [-0.3, -0.25) is 4.68 Å². The normalized spacial score (nSPS) is 10.7. The molecule has 2 rings (SSSR count). The number of anilines is 1. The Kier molecular flexibility index (Phi) is 5.84. The van der Waals surface area contributed by atoms with Gasteiger partial charge in [0.1, 0.15) is 5.69 Å². The lowest BCUT2D eigenvalue weighted by atomic mass is 10.3. The van der Waals surface area contributed by atoms with Crippen LogP contribution >= 0.6 is 27.5 Å². The number of benzene rings is 1. The fourth-order valence-corrected chi connectivity index (χ4v) is 2.82. The first-order valence-corrected chi connectivity index (χ1v) is 7.58. The van der Waals surface area contributed by atoms with Gasteiger partial charge in [-0.05, 0) is 34.5 Å². The maximum absolute atomic E-state index is 8.79. The third-order valence-corrected chi connectivity index (χ3v) is 3.61. The number of methoxy groups -OCH3 is 1. The van der Waals surface area contributed by atoms with E-state index in [9.17, 15) is 0 Å². The molecule has 1 aromatic heterocycles. The third kappa shape index (κ3) is 4.33. The molecule has 1 heterocycles. The highest BCUT2D eigenvalue weighted by Gasteiger charge is 2.10. The van der Waals surface area contributed by atoms with Gasteiger partial charge in [-0.15, -0.1) is 5.10 Å². The zero-order chi connectivity index (χ0) is 15.2. The summed E-state index contributed by atoms with van der Waals surface area (Å²) in [4.78, 5) is 0. The summed E-state index contributed by atoms with van der Waals surface area (Å²) in [5.41, 5.74) is 1.58. The average Bonchev–Trinajstić information content (AvgIpc) is 2.90. The molecule has 21 heavy (non-hydrogen) atoms. The molecule has 0 aliphatic rings. The van der Waals surface area contributed by atoms with Crippen LogP contribution in [0.2, 0.25) is 5.02 Å². The Bertz CT molecular complexity index is 606. The number of rotatable bonds is 7. The highest BCUT2D eigenvalue weighted by atomic mass is 79.9. The van der Waals surface area contributed by atoms with Gasteiger partial charge in [-0.25, -0.2) is 0 Å². The summed E-state index contributed by atoms with van der Waals surface area (Å²) in [6.07, 6.45) is 2.50. The van der Waals surface area contributed by atoms with Crippen LogP contribution in [0, 0.1) is 0 Å². The van der Waals surface area contributed by atoms with Crippen LogP contribution in [-0.4, -0.2) is 33.8 Å². The van der Waals surface area contributed by atoms with Gasteiger partial charge in [0.25, 0.3) is 0 Å². The number of aryl methyl sites for hydroxylation is 1. The molecule has 114 valence electrons. The van der Waals surface area contributed by atoms with Gasteiger partial charge in [0, 0.05) is 18.2 Å². The number of aliphatic hydroxyl groups is 1. The van der Waals surface area contributed by atoms with Gasteiger partial charge in [0.2, 0.25) is 0 Å². The Morgan fingerprint density at radius 2 is 2.29 bits per heavy atom. The molecule has 0 atom stereocenters. The van der Waals surface area contributed by atoms with Crippen molar-refractivity contribution in [3.05, 3.63) is 33.5 Å². The molecule has 0 radical (unpaired) electrons. The quantitative estimate of drug-likeness (QED) is 0.778. The summed E-state index contributed by atoms with van der Waals surface area (Å²) in [5.74, 6) is 0.687. The highest BCUT2D eigenvalue weighted by molar-refractivity contribution is 9.10. The minimum atomic E-state index is 0.140. The first kappa shape index (κ1) is 16.1. The Labute approximate surface area is 136 Å². The van der Waals surface area contributed by atoms with E-state index in [1.54, 1.807) is 23.9 Å². The molecule has 2 N–H and O–H groups in total. The van der Waals surface area contributed by atoms with Crippen LogP contribution < -0.4 is 10.1 Å². The zero-order valence-corrected chi connectivity index (χ0v) is 13.9. The molecule has 0 saturated heterocycles. The minimum Gasteiger partial charge on any atom is -0.493 e. The van der Waals surface area contributed by atoms with Crippen LogP contribution in [0.3, 0.4) is 0 Å². The molecule has 0 spiro atoms. The van der Waals surface area contributed by atoms with E-state index in [1.165, 1.54) is 0 Å². The third-order valence-electron chi connectivity index (χ3n) is 2.80. The summed E-state index contributed by atoms with van der Waals surface area (Å²) in [6, 6.07) is 3.57. The Balaban J connectivity index is 2.04. The van der Waals surface area contributed by atoms with Crippen LogP contribution in [0.4, 0.5) is 5.69 Å². The fraction of sp³-hybridized carbons (Fsp3) is 0.385. The number of halogens is 2. The van der Waals surface area contributed by atoms with Crippen molar-refractivity contribution < 1.29 is 9.84 Å². The van der Waals surface area contributed by atoms with Gasteiger partial charge in [0.05, 0.1) is 30.0 Å². The van der Waals surface area contributed by atoms with Crippen LogP contribution in [-0.2, 0) is 13.1 Å². The first-order valence-electron chi connectivity index (χ1n) is 6.41. The van der Waals surface area contributed by atoms with Crippen molar-refractivity contribution in [3.8, 4) is 5.75 Å². The number of hydrogen-bond acceptors (Lipinski definition) is 5. The van der Waals surface area contributed by atoms with E-state index in [4.69, 9.17) is 21.4 Å². The molecule has 0 bridgehead atoms. The van der Waals surface area contributed by atoms with E-state index in [0.717, 1.165) is 15.9 Å². The number of hydrogen-bond donors (Lipinski definition) is 2. The molecule has 8 heteroatoms. The maximum atomic E-state index is 8.79. The van der Waals surface area contributed by atoms with Crippen molar-refractivity contribution >= 4 is 33.2 Å². The van der Waals surface area contributed by atoms with Crippen molar-refractivity contribution in [2.75, 3.05) is 19.0 Å². The summed E-state index contributed by atoms with van der Waals surface area (Å²) < 4.78 is 7.83. The van der Waals surface area contributed by atoms with E-state index in [0.29, 0.717) is 30.3 Å². The molecule has 0 aliphatic carbocycles. The molecule has 0 saturated carbocycles. The number of nitrogens with one attached hydrogen (secondary N) is 1. The summed E-state index contributed by atoms with van der Waals surface area (Å²) >= 11 is 9.45. The standard InChI is InChI=1S/C13H16BrClN4O2/c1-21-13-11(14)5-9(15)6-12(13)16-7-10-8-19(18-17-10)3-2-4-20/h5-6,8,16,20H,2-4,7H2,1H3. The van der Waals surface area contributed by atoms with Gasteiger partial charge in [0.15, 0.2) is 5.75 Å². The number of nitrogens with zero attached hydrogens (tertiary/aromatic N) is 3. The number of ether oxygens (including phenoxy) is 1. The smallest absolute Gasteiger partial charge is 0.156 e. The summed E-state index contributed by atoms with van der Waals surface area (Å²) in [7, 11) is 1.60. The molecular formula is C13H16BrClN4O2. The summed E-state index contributed by atoms with van der Waals surface area (Å²) in [6.45, 7) is 1.29. The summed E-state index contributed by atoms with van der Waals surface area (Å²) in [5, 5.41) is 20.7. The van der Waals surface area contributed by atoms with Gasteiger partial charge < -0.3 is 15.2 Å². The van der Waals surface area contributed by atoms with Crippen molar-refractivity contribution in [2.24, 2.45) is 0 Å². The monoisotopic (exact) mass is 374 g/mol. The van der Waals surface area contributed by atoms with E-state index < -0.39 is 0 Å². The van der Waals surface area contributed by atoms with E-state index in [2.05, 4.69) is 31.6 Å². The largest absolute Gasteiger partial charge is 0.493 e. The predicted molar refractivity (Wildman–Crippen MR) is 84.8 cm³/mol. The Hall–Kier alpha value is -1.31. The fourth-order valence-electron chi connectivity index (χ4n) is 1.85. The molecule has 0 fully saturated rings. The molecule has 0 unspecified atom stereocenters. The topological polar surface area (TPSA) is 72.2 Å². The Morgan fingerprint density at radius 1 is 1.48 bits per heavy atom. The van der Waals surface area contributed by atoms with Crippen LogP contribution in [0.15, 0.2) is 22.8 Å². The van der Waals surface area contributed by atoms with E-state index in [-0.39, 0.29) is 6.61 Å². The van der Waals surface area contributed by atoms with E-state index in [1.807, 2.05) is 6.20 Å². The molecule has 6 nitrogen and oxygen atoms in total. The van der Waals surface area contributed by atoms with Crippen molar-refractivity contribution in [1.29, 1.82) is 0 Å². The van der Waals surface area contributed by atoms with Crippen molar-refractivity contribution in [1.82, 2.24) is 15.0 Å². The van der Waals surface area contributed by atoms with Gasteiger partial charge in [-0.1, -0.05) is 16.8 Å². The highest BCUT2D eigenvalue weighted by Crippen LogP contribution is 2.36. The number of aliphatic hydroxyl groups excluding tert-OH is 1. The minimum absolute atomic E-state index is 0.140. The Morgan fingerprint density at radius 3 is 3.00 bits per heavy atom. The first-order chi connectivity index (χ1) is 10.1. The van der Waals surface area contributed by atoms with Crippen LogP contribution in [0.25, 0.3) is 0 Å². The second-order valence-corrected chi connectivity index (χ2v) is 5.66. The predicted octanol–water partition coefficient (Wildman–Crippen LogP) is 2.70. The molecule has 2 aromatic rings. The second kappa shape index (κ2) is 7.63. The zero-order valence-electron chi connectivity index (χ0n) is 11.5. The lowest BCUT2D eigenvalue weighted by Gasteiger charge is -2.12. The average molecular weight is 376 g/mol. The van der Waals surface area contributed by atoms with Crippen molar-refractivity contribution in [2.45, 2.75) is 19.5 Å². The molecular weight excluding hydrogens is 360 g/mol.